The van der Waals surface area contributed by atoms with E-state index >= 15 is 0 Å². The van der Waals surface area contributed by atoms with E-state index in [2.05, 4.69) is 10.6 Å². The van der Waals surface area contributed by atoms with E-state index in [1.54, 1.807) is 35.2 Å². The summed E-state index contributed by atoms with van der Waals surface area (Å²) in [6, 6.07) is 12.2. The molecule has 0 aliphatic rings. The first kappa shape index (κ1) is 22.0. The second-order valence-electron chi connectivity index (χ2n) is 6.10. The molecule has 150 valence electrons. The molecular formula is C20H23Cl2N3O3. The second-order valence-corrected chi connectivity index (χ2v) is 6.97. The molecule has 0 heterocycles. The van der Waals surface area contributed by atoms with Crippen LogP contribution < -0.4 is 15.4 Å². The summed E-state index contributed by atoms with van der Waals surface area (Å²) in [5, 5.41) is 6.75. The minimum atomic E-state index is -0.257. The molecule has 2 aromatic rings. The SMILES string of the molecule is CCN(CC(=O)NCc1ccc(Cl)cc1)CC(=O)Nc1cc(Cl)ccc1OC. The average Bonchev–Trinajstić information content (AvgIpc) is 2.67. The zero-order valence-electron chi connectivity index (χ0n) is 15.8. The molecule has 6 nitrogen and oxygen atoms in total. The third-order valence-corrected chi connectivity index (χ3v) is 4.51. The Balaban J connectivity index is 1.85. The number of carbonyl (C=O) groups is 2. The van der Waals surface area contributed by atoms with Crippen LogP contribution in [0, 0.1) is 0 Å². The van der Waals surface area contributed by atoms with E-state index in [0.717, 1.165) is 5.56 Å². The topological polar surface area (TPSA) is 70.7 Å². The van der Waals surface area contributed by atoms with Crippen LogP contribution in [0.1, 0.15) is 12.5 Å². The molecule has 2 N–H and O–H groups in total. The van der Waals surface area contributed by atoms with Crippen molar-refractivity contribution in [2.45, 2.75) is 13.5 Å². The van der Waals surface area contributed by atoms with E-state index in [-0.39, 0.29) is 24.9 Å². The first-order valence-corrected chi connectivity index (χ1v) is 9.53. The number of nitrogens with one attached hydrogen (secondary N) is 2. The Morgan fingerprint density at radius 1 is 1.00 bits per heavy atom. The van der Waals surface area contributed by atoms with Gasteiger partial charge in [0.25, 0.3) is 0 Å². The predicted molar refractivity (Wildman–Crippen MR) is 112 cm³/mol. The molecule has 0 atom stereocenters. The Morgan fingerprint density at radius 3 is 2.29 bits per heavy atom. The Morgan fingerprint density at radius 2 is 1.64 bits per heavy atom. The highest BCUT2D eigenvalue weighted by Crippen LogP contribution is 2.27. The van der Waals surface area contributed by atoms with Crippen molar-refractivity contribution in [3.8, 4) is 5.75 Å². The van der Waals surface area contributed by atoms with E-state index in [0.29, 0.717) is 34.6 Å². The molecule has 2 rings (SSSR count). The van der Waals surface area contributed by atoms with Crippen molar-refractivity contribution in [3.05, 3.63) is 58.1 Å². The van der Waals surface area contributed by atoms with Crippen molar-refractivity contribution in [3.63, 3.8) is 0 Å². The minimum absolute atomic E-state index is 0.0700. The van der Waals surface area contributed by atoms with Crippen LogP contribution in [0.25, 0.3) is 0 Å². The lowest BCUT2D eigenvalue weighted by Gasteiger charge is -2.20. The molecule has 0 aliphatic heterocycles. The van der Waals surface area contributed by atoms with Gasteiger partial charge in [-0.25, -0.2) is 0 Å². The van der Waals surface area contributed by atoms with Crippen LogP contribution in [-0.2, 0) is 16.1 Å². The van der Waals surface area contributed by atoms with Crippen LogP contribution in [0.4, 0.5) is 5.69 Å². The average molecular weight is 424 g/mol. The van der Waals surface area contributed by atoms with Gasteiger partial charge in [0.15, 0.2) is 0 Å². The summed E-state index contributed by atoms with van der Waals surface area (Å²) in [6.45, 7) is 3.03. The number of carbonyl (C=O) groups excluding carboxylic acids is 2. The molecule has 2 aromatic carbocycles. The highest BCUT2D eigenvalue weighted by molar-refractivity contribution is 6.31. The van der Waals surface area contributed by atoms with Crippen molar-refractivity contribution >= 4 is 40.7 Å². The summed E-state index contributed by atoms with van der Waals surface area (Å²) >= 11 is 11.8. The number of amides is 2. The highest BCUT2D eigenvalue weighted by Gasteiger charge is 2.15. The summed E-state index contributed by atoms with van der Waals surface area (Å²) in [5.74, 6) is 0.0966. The van der Waals surface area contributed by atoms with Gasteiger partial charge in [-0.05, 0) is 42.4 Å². The molecule has 0 aromatic heterocycles. The normalized spacial score (nSPS) is 10.6. The molecule has 0 saturated heterocycles. The molecule has 0 spiro atoms. The van der Waals surface area contributed by atoms with E-state index in [1.807, 2.05) is 19.1 Å². The lowest BCUT2D eigenvalue weighted by Crippen LogP contribution is -2.40. The monoisotopic (exact) mass is 423 g/mol. The number of methoxy groups -OCH3 is 1. The largest absolute Gasteiger partial charge is 0.495 e. The molecule has 8 heteroatoms. The molecule has 0 radical (unpaired) electrons. The zero-order valence-corrected chi connectivity index (χ0v) is 17.3. The van der Waals surface area contributed by atoms with E-state index in [4.69, 9.17) is 27.9 Å². The Bertz CT molecular complexity index is 813. The van der Waals surface area contributed by atoms with Crippen LogP contribution in [0.2, 0.25) is 10.0 Å². The minimum Gasteiger partial charge on any atom is -0.495 e. The molecule has 0 fully saturated rings. The fraction of sp³-hybridized carbons (Fsp3) is 0.300. The predicted octanol–water partition coefficient (Wildman–Crippen LogP) is 3.58. The van der Waals surface area contributed by atoms with Crippen molar-refractivity contribution in [2.24, 2.45) is 0 Å². The second kappa shape index (κ2) is 10.9. The van der Waals surface area contributed by atoms with Gasteiger partial charge in [-0.15, -0.1) is 0 Å². The zero-order chi connectivity index (χ0) is 20.5. The smallest absolute Gasteiger partial charge is 0.238 e. The number of rotatable bonds is 9. The van der Waals surface area contributed by atoms with Gasteiger partial charge < -0.3 is 15.4 Å². The Hall–Kier alpha value is -2.28. The van der Waals surface area contributed by atoms with Crippen LogP contribution in [0.3, 0.4) is 0 Å². The molecule has 0 unspecified atom stereocenters. The van der Waals surface area contributed by atoms with Gasteiger partial charge >= 0.3 is 0 Å². The molecule has 0 bridgehead atoms. The first-order valence-electron chi connectivity index (χ1n) is 8.78. The number of halogens is 2. The molecule has 0 aliphatic carbocycles. The molecular weight excluding hydrogens is 401 g/mol. The van der Waals surface area contributed by atoms with Crippen molar-refractivity contribution in [2.75, 3.05) is 32.1 Å². The summed E-state index contributed by atoms with van der Waals surface area (Å²) in [5.41, 5.74) is 1.44. The van der Waals surface area contributed by atoms with E-state index in [9.17, 15) is 9.59 Å². The van der Waals surface area contributed by atoms with Gasteiger partial charge in [-0.3, -0.25) is 14.5 Å². The number of ether oxygens (including phenoxy) is 1. The lowest BCUT2D eigenvalue weighted by atomic mass is 10.2. The van der Waals surface area contributed by atoms with Gasteiger partial charge in [0.1, 0.15) is 5.75 Å². The summed E-state index contributed by atoms with van der Waals surface area (Å²) in [6.07, 6.45) is 0. The molecule has 28 heavy (non-hydrogen) atoms. The van der Waals surface area contributed by atoms with Crippen molar-refractivity contribution in [1.29, 1.82) is 0 Å². The maximum atomic E-state index is 12.4. The van der Waals surface area contributed by atoms with E-state index in [1.165, 1.54) is 7.11 Å². The fourth-order valence-electron chi connectivity index (χ4n) is 2.51. The third kappa shape index (κ3) is 7.03. The maximum Gasteiger partial charge on any atom is 0.238 e. The Kier molecular flexibility index (Phi) is 8.57. The van der Waals surface area contributed by atoms with Gasteiger partial charge in [-0.1, -0.05) is 42.3 Å². The number of benzene rings is 2. The third-order valence-electron chi connectivity index (χ3n) is 4.02. The molecule has 2 amide bonds. The van der Waals surface area contributed by atoms with Crippen molar-refractivity contribution in [1.82, 2.24) is 10.2 Å². The van der Waals surface area contributed by atoms with Crippen LogP contribution in [-0.4, -0.2) is 43.5 Å². The standard InChI is InChI=1S/C20H23Cl2N3O3/c1-3-25(12-19(26)23-11-14-4-6-15(21)7-5-14)13-20(27)24-17-10-16(22)8-9-18(17)28-2/h4-10H,3,11-13H2,1-2H3,(H,23,26)(H,24,27). The summed E-state index contributed by atoms with van der Waals surface area (Å²) in [4.78, 5) is 26.3. The van der Waals surface area contributed by atoms with E-state index < -0.39 is 0 Å². The van der Waals surface area contributed by atoms with Gasteiger partial charge in [0.2, 0.25) is 11.8 Å². The van der Waals surface area contributed by atoms with Crippen LogP contribution in [0.5, 0.6) is 5.75 Å². The molecule has 0 saturated carbocycles. The maximum absolute atomic E-state index is 12.4. The Labute approximate surface area is 174 Å². The quantitative estimate of drug-likeness (QED) is 0.646. The van der Waals surface area contributed by atoms with Gasteiger partial charge in [-0.2, -0.15) is 0 Å². The number of hydrogen-bond donors (Lipinski definition) is 2. The van der Waals surface area contributed by atoms with Gasteiger partial charge in [0, 0.05) is 16.6 Å². The summed E-state index contributed by atoms with van der Waals surface area (Å²) in [7, 11) is 1.52. The van der Waals surface area contributed by atoms with Crippen molar-refractivity contribution < 1.29 is 14.3 Å². The number of anilines is 1. The number of likely N-dealkylation sites (N-methyl/N-ethyl adjacent to an activating group) is 1. The van der Waals surface area contributed by atoms with Crippen LogP contribution >= 0.6 is 23.2 Å². The lowest BCUT2D eigenvalue weighted by molar-refractivity contribution is -0.123. The number of nitrogens with zero attached hydrogens (tertiary/aromatic N) is 1. The summed E-state index contributed by atoms with van der Waals surface area (Å²) < 4.78 is 5.22. The number of hydrogen-bond acceptors (Lipinski definition) is 4. The van der Waals surface area contributed by atoms with Gasteiger partial charge in [0.05, 0.1) is 25.9 Å². The highest BCUT2D eigenvalue weighted by atomic mass is 35.5. The fourth-order valence-corrected chi connectivity index (χ4v) is 2.81. The first-order chi connectivity index (χ1) is 13.4. The van der Waals surface area contributed by atoms with Crippen LogP contribution in [0.15, 0.2) is 42.5 Å².